The van der Waals surface area contributed by atoms with Gasteiger partial charge in [-0.25, -0.2) is 4.79 Å². The fourth-order valence-corrected chi connectivity index (χ4v) is 1.30. The molecular formula is C12H16N2O4. The summed E-state index contributed by atoms with van der Waals surface area (Å²) in [7, 11) is 0. The lowest BCUT2D eigenvalue weighted by Gasteiger charge is -2.04. The lowest BCUT2D eigenvalue weighted by Crippen LogP contribution is -2.19. The number of hydrogen-bond donors (Lipinski definition) is 2. The molecule has 0 aliphatic rings. The summed E-state index contributed by atoms with van der Waals surface area (Å²) in [5.41, 5.74) is 0.883. The van der Waals surface area contributed by atoms with Crippen molar-refractivity contribution in [2.75, 3.05) is 13.2 Å². The number of carbonyl (C=O) groups excluding carboxylic acids is 1. The van der Waals surface area contributed by atoms with E-state index in [-0.39, 0.29) is 11.5 Å². The number of nitrogens with zero attached hydrogens (tertiary/aromatic N) is 1. The van der Waals surface area contributed by atoms with Crippen LogP contribution in [0.25, 0.3) is 0 Å². The van der Waals surface area contributed by atoms with Crippen molar-refractivity contribution in [2.45, 2.75) is 19.9 Å². The second-order valence-corrected chi connectivity index (χ2v) is 3.58. The maximum Gasteiger partial charge on any atom is 0.337 e. The predicted octanol–water partition coefficient (Wildman–Crippen LogP) is 0.823. The van der Waals surface area contributed by atoms with Crippen LogP contribution in [0, 0.1) is 0 Å². The van der Waals surface area contributed by atoms with Gasteiger partial charge in [-0.3, -0.25) is 9.78 Å². The fraction of sp³-hybridized carbons (Fsp3) is 0.417. The first kappa shape index (κ1) is 14.1. The van der Waals surface area contributed by atoms with E-state index in [1.165, 1.54) is 12.3 Å². The molecule has 0 atom stereocenters. The first-order chi connectivity index (χ1) is 8.63. The van der Waals surface area contributed by atoms with E-state index in [4.69, 9.17) is 9.84 Å². The smallest absolute Gasteiger partial charge is 0.337 e. The van der Waals surface area contributed by atoms with E-state index >= 15 is 0 Å². The SMILES string of the molecule is CCOC(=O)CCNCc1ccc(C(=O)O)cn1. The number of nitrogens with one attached hydrogen (secondary N) is 1. The molecule has 0 unspecified atom stereocenters. The zero-order valence-electron chi connectivity index (χ0n) is 10.2. The molecule has 0 radical (unpaired) electrons. The third-order valence-corrected chi connectivity index (χ3v) is 2.19. The van der Waals surface area contributed by atoms with Gasteiger partial charge in [0.2, 0.25) is 0 Å². The van der Waals surface area contributed by atoms with Crippen LogP contribution in [-0.2, 0) is 16.1 Å². The van der Waals surface area contributed by atoms with Crippen LogP contribution < -0.4 is 5.32 Å². The highest BCUT2D eigenvalue weighted by Gasteiger charge is 2.03. The maximum absolute atomic E-state index is 11.0. The molecule has 0 aliphatic heterocycles. The van der Waals surface area contributed by atoms with Gasteiger partial charge >= 0.3 is 11.9 Å². The summed E-state index contributed by atoms with van der Waals surface area (Å²) in [4.78, 5) is 25.6. The Morgan fingerprint density at radius 2 is 2.22 bits per heavy atom. The number of rotatable bonds is 7. The van der Waals surface area contributed by atoms with Crippen molar-refractivity contribution in [1.29, 1.82) is 0 Å². The largest absolute Gasteiger partial charge is 0.478 e. The summed E-state index contributed by atoms with van der Waals surface area (Å²) >= 11 is 0. The van der Waals surface area contributed by atoms with Gasteiger partial charge in [0, 0.05) is 19.3 Å². The minimum absolute atomic E-state index is 0.158. The molecule has 1 rings (SSSR count). The van der Waals surface area contributed by atoms with E-state index in [1.807, 2.05) is 0 Å². The summed E-state index contributed by atoms with van der Waals surface area (Å²) < 4.78 is 4.78. The molecule has 0 aliphatic carbocycles. The number of carbonyl (C=O) groups is 2. The first-order valence-corrected chi connectivity index (χ1v) is 5.68. The Morgan fingerprint density at radius 3 is 2.78 bits per heavy atom. The molecule has 0 aromatic carbocycles. The number of aromatic nitrogens is 1. The number of hydrogen-bond acceptors (Lipinski definition) is 5. The Hall–Kier alpha value is -1.95. The molecule has 0 saturated carbocycles. The maximum atomic E-state index is 11.0. The molecule has 0 spiro atoms. The zero-order valence-corrected chi connectivity index (χ0v) is 10.2. The molecule has 1 aromatic rings. The van der Waals surface area contributed by atoms with E-state index in [0.29, 0.717) is 26.1 Å². The molecule has 0 bridgehead atoms. The van der Waals surface area contributed by atoms with Crippen LogP contribution in [0.2, 0.25) is 0 Å². The third-order valence-electron chi connectivity index (χ3n) is 2.19. The number of pyridine rings is 1. The van der Waals surface area contributed by atoms with E-state index in [1.54, 1.807) is 13.0 Å². The highest BCUT2D eigenvalue weighted by molar-refractivity contribution is 5.87. The molecule has 1 aromatic heterocycles. The predicted molar refractivity (Wildman–Crippen MR) is 64.2 cm³/mol. The summed E-state index contributed by atoms with van der Waals surface area (Å²) in [6, 6.07) is 3.14. The quantitative estimate of drug-likeness (QED) is 0.552. The van der Waals surface area contributed by atoms with Crippen molar-refractivity contribution in [1.82, 2.24) is 10.3 Å². The van der Waals surface area contributed by atoms with Crippen LogP contribution in [0.1, 0.15) is 29.4 Å². The van der Waals surface area contributed by atoms with Crippen molar-refractivity contribution in [3.63, 3.8) is 0 Å². The molecule has 18 heavy (non-hydrogen) atoms. The molecule has 0 amide bonds. The van der Waals surface area contributed by atoms with Crippen LogP contribution in [0.5, 0.6) is 0 Å². The monoisotopic (exact) mass is 252 g/mol. The Labute approximate surface area is 105 Å². The number of ether oxygens (including phenoxy) is 1. The molecule has 1 heterocycles. The summed E-state index contributed by atoms with van der Waals surface area (Å²) in [6.45, 7) is 3.14. The number of esters is 1. The minimum Gasteiger partial charge on any atom is -0.478 e. The zero-order chi connectivity index (χ0) is 13.4. The lowest BCUT2D eigenvalue weighted by atomic mass is 10.2. The highest BCUT2D eigenvalue weighted by Crippen LogP contribution is 2.00. The molecular weight excluding hydrogens is 236 g/mol. The van der Waals surface area contributed by atoms with Gasteiger partial charge in [0.05, 0.1) is 24.3 Å². The number of carboxylic acids is 1. The normalized spacial score (nSPS) is 10.1. The topological polar surface area (TPSA) is 88.5 Å². The molecule has 98 valence electrons. The number of carboxylic acid groups (broad SMARTS) is 1. The molecule has 2 N–H and O–H groups in total. The lowest BCUT2D eigenvalue weighted by molar-refractivity contribution is -0.142. The Balaban J connectivity index is 2.27. The van der Waals surface area contributed by atoms with Gasteiger partial charge in [-0.2, -0.15) is 0 Å². The van der Waals surface area contributed by atoms with Crippen LogP contribution in [0.3, 0.4) is 0 Å². The van der Waals surface area contributed by atoms with E-state index in [9.17, 15) is 9.59 Å². The third kappa shape index (κ3) is 4.92. The summed E-state index contributed by atoms with van der Waals surface area (Å²) in [6.07, 6.45) is 1.62. The van der Waals surface area contributed by atoms with Gasteiger partial charge in [0.15, 0.2) is 0 Å². The van der Waals surface area contributed by atoms with Gasteiger partial charge < -0.3 is 15.2 Å². The number of aromatic carboxylic acids is 1. The summed E-state index contributed by atoms with van der Waals surface area (Å²) in [5, 5.41) is 11.7. The average Bonchev–Trinajstić information content (AvgIpc) is 2.35. The van der Waals surface area contributed by atoms with Crippen LogP contribution in [-0.4, -0.2) is 35.2 Å². The summed E-state index contributed by atoms with van der Waals surface area (Å²) in [5.74, 6) is -1.23. The van der Waals surface area contributed by atoms with Gasteiger partial charge in [0.25, 0.3) is 0 Å². The highest BCUT2D eigenvalue weighted by atomic mass is 16.5. The van der Waals surface area contributed by atoms with Crippen molar-refractivity contribution in [3.8, 4) is 0 Å². The van der Waals surface area contributed by atoms with Gasteiger partial charge in [-0.15, -0.1) is 0 Å². The Morgan fingerprint density at radius 1 is 1.44 bits per heavy atom. The average molecular weight is 252 g/mol. The van der Waals surface area contributed by atoms with Crippen LogP contribution >= 0.6 is 0 Å². The van der Waals surface area contributed by atoms with E-state index in [2.05, 4.69) is 10.3 Å². The van der Waals surface area contributed by atoms with Crippen molar-refractivity contribution in [3.05, 3.63) is 29.6 Å². The standard InChI is InChI=1S/C12H16N2O4/c1-2-18-11(15)5-6-13-8-10-4-3-9(7-14-10)12(16)17/h3-4,7,13H,2,5-6,8H2,1H3,(H,16,17). The van der Waals surface area contributed by atoms with Gasteiger partial charge in [-0.1, -0.05) is 0 Å². The molecule has 6 heteroatoms. The van der Waals surface area contributed by atoms with Crippen LogP contribution in [0.4, 0.5) is 0 Å². The van der Waals surface area contributed by atoms with E-state index in [0.717, 1.165) is 5.69 Å². The second-order valence-electron chi connectivity index (χ2n) is 3.58. The molecule has 6 nitrogen and oxygen atoms in total. The minimum atomic E-state index is -0.996. The molecule has 0 saturated heterocycles. The van der Waals surface area contributed by atoms with Crippen molar-refractivity contribution >= 4 is 11.9 Å². The Kier molecular flexibility index (Phi) is 5.79. The van der Waals surface area contributed by atoms with Crippen molar-refractivity contribution in [2.24, 2.45) is 0 Å². The van der Waals surface area contributed by atoms with E-state index < -0.39 is 5.97 Å². The fourth-order valence-electron chi connectivity index (χ4n) is 1.30. The molecule has 0 fully saturated rings. The van der Waals surface area contributed by atoms with Crippen molar-refractivity contribution < 1.29 is 19.4 Å². The first-order valence-electron chi connectivity index (χ1n) is 5.68. The second kappa shape index (κ2) is 7.39. The van der Waals surface area contributed by atoms with Crippen LogP contribution in [0.15, 0.2) is 18.3 Å². The van der Waals surface area contributed by atoms with Gasteiger partial charge in [-0.05, 0) is 19.1 Å². The van der Waals surface area contributed by atoms with Gasteiger partial charge in [0.1, 0.15) is 0 Å². The Bertz CT molecular complexity index is 403.